The highest BCUT2D eigenvalue weighted by molar-refractivity contribution is 6.35. The van der Waals surface area contributed by atoms with E-state index in [0.29, 0.717) is 23.0 Å². The van der Waals surface area contributed by atoms with Gasteiger partial charge in [0.15, 0.2) is 11.6 Å². The van der Waals surface area contributed by atoms with E-state index in [2.05, 4.69) is 5.32 Å². The van der Waals surface area contributed by atoms with E-state index in [1.165, 1.54) is 0 Å². The number of benzene rings is 1. The Bertz CT molecular complexity index is 567. The van der Waals surface area contributed by atoms with E-state index in [-0.39, 0.29) is 11.6 Å². The van der Waals surface area contributed by atoms with Gasteiger partial charge in [-0.3, -0.25) is 9.59 Å². The zero-order valence-corrected chi connectivity index (χ0v) is 11.7. The van der Waals surface area contributed by atoms with Crippen LogP contribution >= 0.6 is 23.2 Å². The molecule has 1 atom stereocenters. The predicted octanol–water partition coefficient (Wildman–Crippen LogP) is 2.53. The largest absolute Gasteiger partial charge is 0.301 e. The number of carbonyl (C=O) groups is 2. The number of hydrogen-bond donors (Lipinski definition) is 1. The van der Waals surface area contributed by atoms with Crippen LogP contribution in [-0.2, 0) is 15.0 Å². The van der Waals surface area contributed by atoms with Crippen molar-refractivity contribution in [3.63, 3.8) is 0 Å². The highest BCUT2D eigenvalue weighted by atomic mass is 35.5. The van der Waals surface area contributed by atoms with E-state index in [1.807, 2.05) is 0 Å². The van der Waals surface area contributed by atoms with Gasteiger partial charge >= 0.3 is 0 Å². The minimum absolute atomic E-state index is 0.0126. The maximum Gasteiger partial charge on any atom is 0.167 e. The summed E-state index contributed by atoms with van der Waals surface area (Å²) in [6, 6.07) is 4.53. The van der Waals surface area contributed by atoms with Crippen molar-refractivity contribution in [3.8, 4) is 0 Å². The third-order valence-corrected chi connectivity index (χ3v) is 4.52. The maximum atomic E-state index is 12.6. The molecule has 0 spiro atoms. The van der Waals surface area contributed by atoms with Crippen LogP contribution in [0.3, 0.4) is 0 Å². The van der Waals surface area contributed by atoms with Gasteiger partial charge in [0.05, 0.1) is 5.41 Å². The van der Waals surface area contributed by atoms with Crippen LogP contribution in [0.25, 0.3) is 0 Å². The molecule has 0 aromatic heterocycles. The lowest BCUT2D eigenvalue weighted by atomic mass is 9.86. The molecule has 1 heterocycles. The van der Waals surface area contributed by atoms with Crippen LogP contribution in [0, 0.1) is 0 Å². The number of nitrogens with one attached hydrogen (secondary N) is 1. The van der Waals surface area contributed by atoms with Crippen molar-refractivity contribution < 1.29 is 9.59 Å². The topological polar surface area (TPSA) is 46.2 Å². The molecule has 5 heteroatoms. The van der Waals surface area contributed by atoms with Gasteiger partial charge < -0.3 is 5.32 Å². The van der Waals surface area contributed by atoms with Gasteiger partial charge in [-0.05, 0) is 30.5 Å². The number of rotatable bonds is 3. The average molecular weight is 298 g/mol. The Morgan fingerprint density at radius 2 is 2.05 bits per heavy atom. The molecule has 1 aliphatic heterocycles. The molecule has 1 aliphatic carbocycles. The fraction of sp³-hybridized carbons (Fsp3) is 0.429. The van der Waals surface area contributed by atoms with Crippen LogP contribution < -0.4 is 5.32 Å². The molecule has 2 aliphatic rings. The monoisotopic (exact) mass is 297 g/mol. The summed E-state index contributed by atoms with van der Waals surface area (Å²) in [5, 5.41) is 4.04. The Morgan fingerprint density at radius 1 is 1.32 bits per heavy atom. The highest BCUT2D eigenvalue weighted by Crippen LogP contribution is 2.52. The van der Waals surface area contributed by atoms with Gasteiger partial charge in [0.25, 0.3) is 0 Å². The van der Waals surface area contributed by atoms with E-state index < -0.39 is 11.5 Å². The second-order valence-corrected chi connectivity index (χ2v) is 6.02. The zero-order chi connectivity index (χ0) is 13.6. The van der Waals surface area contributed by atoms with Gasteiger partial charge in [0.2, 0.25) is 0 Å². The molecule has 1 N–H and O–H groups in total. The molecular weight excluding hydrogens is 285 g/mol. The van der Waals surface area contributed by atoms with Crippen LogP contribution in [0.4, 0.5) is 0 Å². The quantitative estimate of drug-likeness (QED) is 0.872. The van der Waals surface area contributed by atoms with Gasteiger partial charge in [0.1, 0.15) is 6.04 Å². The Kier molecular flexibility index (Phi) is 3.16. The Morgan fingerprint density at radius 3 is 2.58 bits per heavy atom. The van der Waals surface area contributed by atoms with Crippen molar-refractivity contribution in [2.45, 2.75) is 30.7 Å². The normalized spacial score (nSPS) is 24.5. The molecule has 1 aromatic rings. The summed E-state index contributed by atoms with van der Waals surface area (Å²) in [6.45, 7) is 0.583. The number of Topliss-reactive ketones (excluding diaryl/α,β-unsaturated/α-hetero) is 2. The van der Waals surface area contributed by atoms with Gasteiger partial charge in [-0.15, -0.1) is 0 Å². The fourth-order valence-corrected chi connectivity index (χ4v) is 3.35. The standard InChI is InChI=1S/C14H13Cl2NO2/c15-8-1-2-9(10(16)7-8)14(4-5-14)13(19)12-11(18)3-6-17-12/h1-2,7,12,17H,3-6H2. The summed E-state index contributed by atoms with van der Waals surface area (Å²) < 4.78 is 0. The van der Waals surface area contributed by atoms with Crippen LogP contribution in [0.1, 0.15) is 24.8 Å². The summed E-state index contributed by atoms with van der Waals surface area (Å²) in [5.74, 6) is -0.0550. The van der Waals surface area contributed by atoms with Gasteiger partial charge in [-0.25, -0.2) is 0 Å². The van der Waals surface area contributed by atoms with E-state index in [9.17, 15) is 9.59 Å². The lowest BCUT2D eigenvalue weighted by Gasteiger charge is -2.19. The maximum absolute atomic E-state index is 12.6. The molecule has 3 rings (SSSR count). The van der Waals surface area contributed by atoms with Crippen molar-refractivity contribution in [2.75, 3.05) is 6.54 Å². The van der Waals surface area contributed by atoms with E-state index in [1.54, 1.807) is 18.2 Å². The molecule has 19 heavy (non-hydrogen) atoms. The second-order valence-electron chi connectivity index (χ2n) is 5.17. The van der Waals surface area contributed by atoms with Crippen molar-refractivity contribution in [1.82, 2.24) is 5.32 Å². The number of halogens is 2. The van der Waals surface area contributed by atoms with Crippen LogP contribution in [0.5, 0.6) is 0 Å². The Balaban J connectivity index is 1.95. The van der Waals surface area contributed by atoms with E-state index in [4.69, 9.17) is 23.2 Å². The molecule has 0 bridgehead atoms. The first-order valence-corrected chi connectivity index (χ1v) is 7.06. The summed E-state index contributed by atoms with van der Waals surface area (Å²) in [5.41, 5.74) is 0.212. The molecular formula is C14H13Cl2NO2. The average Bonchev–Trinajstić information content (AvgIpc) is 3.05. The molecule has 2 fully saturated rings. The number of hydrogen-bond acceptors (Lipinski definition) is 3. The SMILES string of the molecule is O=C1CCNC1C(=O)C1(c2ccc(Cl)cc2Cl)CC1. The third kappa shape index (κ3) is 2.10. The van der Waals surface area contributed by atoms with Crippen molar-refractivity contribution in [2.24, 2.45) is 0 Å². The summed E-state index contributed by atoms with van der Waals surface area (Å²) in [4.78, 5) is 24.3. The van der Waals surface area contributed by atoms with Gasteiger partial charge in [0, 0.05) is 23.0 Å². The van der Waals surface area contributed by atoms with Crippen LogP contribution in [0.2, 0.25) is 10.0 Å². The van der Waals surface area contributed by atoms with E-state index >= 15 is 0 Å². The molecule has 1 saturated carbocycles. The zero-order valence-electron chi connectivity index (χ0n) is 10.2. The molecule has 1 unspecified atom stereocenters. The first-order valence-electron chi connectivity index (χ1n) is 6.30. The molecule has 0 amide bonds. The first kappa shape index (κ1) is 13.1. The predicted molar refractivity (Wildman–Crippen MR) is 73.8 cm³/mol. The van der Waals surface area contributed by atoms with Crippen LogP contribution in [0.15, 0.2) is 18.2 Å². The lowest BCUT2D eigenvalue weighted by Crippen LogP contribution is -2.42. The summed E-state index contributed by atoms with van der Waals surface area (Å²) in [7, 11) is 0. The molecule has 0 radical (unpaired) electrons. The van der Waals surface area contributed by atoms with Crippen molar-refractivity contribution in [3.05, 3.63) is 33.8 Å². The minimum atomic E-state index is -0.658. The number of carbonyl (C=O) groups excluding carboxylic acids is 2. The molecule has 1 aromatic carbocycles. The summed E-state index contributed by atoms with van der Waals surface area (Å²) >= 11 is 12.1. The van der Waals surface area contributed by atoms with E-state index in [0.717, 1.165) is 18.4 Å². The highest BCUT2D eigenvalue weighted by Gasteiger charge is 2.55. The minimum Gasteiger partial charge on any atom is -0.301 e. The lowest BCUT2D eigenvalue weighted by molar-refractivity contribution is -0.129. The summed E-state index contributed by atoms with van der Waals surface area (Å²) in [6.07, 6.45) is 1.93. The number of ketones is 2. The van der Waals surface area contributed by atoms with Gasteiger partial charge in [-0.2, -0.15) is 0 Å². The molecule has 3 nitrogen and oxygen atoms in total. The second kappa shape index (κ2) is 4.58. The smallest absolute Gasteiger partial charge is 0.167 e. The van der Waals surface area contributed by atoms with Gasteiger partial charge in [-0.1, -0.05) is 29.3 Å². The molecule has 1 saturated heterocycles. The van der Waals surface area contributed by atoms with Crippen molar-refractivity contribution >= 4 is 34.8 Å². The van der Waals surface area contributed by atoms with Crippen molar-refractivity contribution in [1.29, 1.82) is 0 Å². The molecule has 100 valence electrons. The van der Waals surface area contributed by atoms with Crippen LogP contribution in [-0.4, -0.2) is 24.2 Å². The Hall–Kier alpha value is -0.900. The Labute approximate surface area is 121 Å². The first-order chi connectivity index (χ1) is 9.04. The third-order valence-electron chi connectivity index (χ3n) is 3.97. The fourth-order valence-electron chi connectivity index (χ4n) is 2.76.